The first-order chi connectivity index (χ1) is 9.70. The minimum absolute atomic E-state index is 0.0711. The molecule has 3 nitrogen and oxygen atoms in total. The fraction of sp³-hybridized carbons (Fsp3) is 0.176. The molecule has 102 valence electrons. The van der Waals surface area contributed by atoms with E-state index in [1.807, 2.05) is 61.5 Å². The zero-order chi connectivity index (χ0) is 14.4. The molecule has 0 heterocycles. The Morgan fingerprint density at radius 3 is 2.40 bits per heavy atom. The fourth-order valence-corrected chi connectivity index (χ4v) is 1.93. The van der Waals surface area contributed by atoms with Gasteiger partial charge in [0.15, 0.2) is 5.78 Å². The van der Waals surface area contributed by atoms with Crippen LogP contribution >= 0.6 is 0 Å². The van der Waals surface area contributed by atoms with Crippen molar-refractivity contribution in [1.29, 1.82) is 0 Å². The van der Waals surface area contributed by atoms with E-state index in [0.717, 1.165) is 11.4 Å². The van der Waals surface area contributed by atoms with Crippen molar-refractivity contribution in [1.82, 2.24) is 0 Å². The van der Waals surface area contributed by atoms with Crippen LogP contribution in [0.25, 0.3) is 0 Å². The zero-order valence-corrected chi connectivity index (χ0v) is 11.7. The molecule has 0 N–H and O–H groups in total. The second-order valence-electron chi connectivity index (χ2n) is 4.48. The Bertz CT molecular complexity index is 618. The molecule has 2 aromatic carbocycles. The highest BCUT2D eigenvalue weighted by Crippen LogP contribution is 2.26. The molecule has 0 amide bonds. The molecule has 2 rings (SSSR count). The van der Waals surface area contributed by atoms with Gasteiger partial charge in [-0.05, 0) is 19.1 Å². The molecule has 0 aliphatic heterocycles. The highest BCUT2D eigenvalue weighted by Gasteiger charge is 2.07. The maximum atomic E-state index is 12.1. The predicted molar refractivity (Wildman–Crippen MR) is 81.2 cm³/mol. The van der Waals surface area contributed by atoms with E-state index in [4.69, 9.17) is 4.74 Å². The van der Waals surface area contributed by atoms with Crippen LogP contribution in [-0.4, -0.2) is 18.6 Å². The van der Waals surface area contributed by atoms with Crippen molar-refractivity contribution >= 4 is 17.2 Å². The molecule has 0 aromatic heterocycles. The number of Topliss-reactive ketones (excluding diaryl/α,β-unsaturated/α-hetero) is 1. The third-order valence-corrected chi connectivity index (χ3v) is 2.91. The van der Waals surface area contributed by atoms with Crippen molar-refractivity contribution in [2.45, 2.75) is 13.3 Å². The number of aliphatic imine (C=N–C) groups is 1. The number of hydrogen-bond donors (Lipinski definition) is 0. The van der Waals surface area contributed by atoms with Gasteiger partial charge in [0.25, 0.3) is 0 Å². The highest BCUT2D eigenvalue weighted by molar-refractivity contribution is 6.09. The summed E-state index contributed by atoms with van der Waals surface area (Å²) in [6, 6.07) is 16.8. The lowest BCUT2D eigenvalue weighted by molar-refractivity contribution is 0.100. The highest BCUT2D eigenvalue weighted by atomic mass is 16.5. The van der Waals surface area contributed by atoms with Gasteiger partial charge in [-0.1, -0.05) is 42.5 Å². The van der Waals surface area contributed by atoms with Gasteiger partial charge in [0.1, 0.15) is 11.4 Å². The zero-order valence-electron chi connectivity index (χ0n) is 11.7. The predicted octanol–water partition coefficient (Wildman–Crippen LogP) is 4.06. The molecular formula is C17H17NO2. The summed E-state index contributed by atoms with van der Waals surface area (Å²) in [5, 5.41) is 0. The van der Waals surface area contributed by atoms with Crippen LogP contribution < -0.4 is 4.74 Å². The maximum absolute atomic E-state index is 12.1. The second kappa shape index (κ2) is 6.66. The van der Waals surface area contributed by atoms with Crippen molar-refractivity contribution in [3.8, 4) is 5.75 Å². The third kappa shape index (κ3) is 3.54. The number of nitrogens with zero attached hydrogens (tertiary/aromatic N) is 1. The molecule has 0 bridgehead atoms. The van der Waals surface area contributed by atoms with E-state index in [9.17, 15) is 4.79 Å². The monoisotopic (exact) mass is 267 g/mol. The molecule has 0 unspecified atom stereocenters. The van der Waals surface area contributed by atoms with Gasteiger partial charge in [0, 0.05) is 17.7 Å². The molecule has 0 saturated carbocycles. The maximum Gasteiger partial charge on any atom is 0.168 e. The number of carbonyl (C=O) groups excluding carboxylic acids is 1. The normalized spacial score (nSPS) is 11.2. The van der Waals surface area contributed by atoms with Gasteiger partial charge in [0.05, 0.1) is 7.11 Å². The SMILES string of the molecule is COc1ccccc1N=C(C)CC(=O)c1ccccc1. The van der Waals surface area contributed by atoms with Gasteiger partial charge in [0.2, 0.25) is 0 Å². The standard InChI is InChI=1S/C17H17NO2/c1-13(12-16(19)14-8-4-3-5-9-14)18-15-10-6-7-11-17(15)20-2/h3-11H,12H2,1-2H3. The van der Waals surface area contributed by atoms with E-state index in [1.54, 1.807) is 7.11 Å². The summed E-state index contributed by atoms with van der Waals surface area (Å²) >= 11 is 0. The van der Waals surface area contributed by atoms with Gasteiger partial charge in [-0.2, -0.15) is 0 Å². The van der Waals surface area contributed by atoms with E-state index in [-0.39, 0.29) is 5.78 Å². The number of ether oxygens (including phenoxy) is 1. The Labute approximate surface area is 118 Å². The lowest BCUT2D eigenvalue weighted by Crippen LogP contribution is -2.05. The lowest BCUT2D eigenvalue weighted by Gasteiger charge is -2.05. The van der Waals surface area contributed by atoms with Gasteiger partial charge < -0.3 is 4.74 Å². The van der Waals surface area contributed by atoms with Crippen LogP contribution in [0.5, 0.6) is 5.75 Å². The number of ketones is 1. The molecule has 0 aliphatic rings. The smallest absolute Gasteiger partial charge is 0.168 e. The number of benzene rings is 2. The van der Waals surface area contributed by atoms with E-state index < -0.39 is 0 Å². The average Bonchev–Trinajstić information content (AvgIpc) is 2.48. The summed E-state index contributed by atoms with van der Waals surface area (Å²) in [6.45, 7) is 1.85. The second-order valence-corrected chi connectivity index (χ2v) is 4.48. The molecule has 0 aliphatic carbocycles. The minimum atomic E-state index is 0.0711. The van der Waals surface area contributed by atoms with Gasteiger partial charge in [-0.3, -0.25) is 9.79 Å². The molecule has 20 heavy (non-hydrogen) atoms. The molecule has 0 atom stereocenters. The first kappa shape index (κ1) is 14.0. The molecular weight excluding hydrogens is 250 g/mol. The van der Waals surface area contributed by atoms with E-state index in [0.29, 0.717) is 17.7 Å². The van der Waals surface area contributed by atoms with Crippen LogP contribution in [-0.2, 0) is 0 Å². The Hall–Kier alpha value is -2.42. The summed E-state index contributed by atoms with van der Waals surface area (Å²) in [7, 11) is 1.61. The summed E-state index contributed by atoms with van der Waals surface area (Å²) in [5.41, 5.74) is 2.22. The fourth-order valence-electron chi connectivity index (χ4n) is 1.93. The minimum Gasteiger partial charge on any atom is -0.494 e. The van der Waals surface area contributed by atoms with E-state index >= 15 is 0 Å². The van der Waals surface area contributed by atoms with Crippen molar-refractivity contribution in [2.75, 3.05) is 7.11 Å². The van der Waals surface area contributed by atoms with Crippen molar-refractivity contribution in [3.05, 3.63) is 60.2 Å². The summed E-state index contributed by atoms with van der Waals surface area (Å²) in [4.78, 5) is 16.6. The Morgan fingerprint density at radius 1 is 1.05 bits per heavy atom. The van der Waals surface area contributed by atoms with Crippen LogP contribution in [0.4, 0.5) is 5.69 Å². The van der Waals surface area contributed by atoms with Crippen LogP contribution in [0.3, 0.4) is 0 Å². The van der Waals surface area contributed by atoms with Crippen molar-refractivity contribution in [3.63, 3.8) is 0 Å². The molecule has 0 fully saturated rings. The van der Waals surface area contributed by atoms with Crippen molar-refractivity contribution in [2.24, 2.45) is 4.99 Å². The average molecular weight is 267 g/mol. The first-order valence-electron chi connectivity index (χ1n) is 6.46. The Morgan fingerprint density at radius 2 is 1.70 bits per heavy atom. The third-order valence-electron chi connectivity index (χ3n) is 2.91. The lowest BCUT2D eigenvalue weighted by atomic mass is 10.1. The summed E-state index contributed by atoms with van der Waals surface area (Å²) in [6.07, 6.45) is 0.308. The number of carbonyl (C=O) groups is 1. The number of rotatable bonds is 5. The van der Waals surface area contributed by atoms with Crippen LogP contribution in [0.15, 0.2) is 59.6 Å². The Balaban J connectivity index is 2.13. The van der Waals surface area contributed by atoms with Crippen LogP contribution in [0.1, 0.15) is 23.7 Å². The van der Waals surface area contributed by atoms with E-state index in [2.05, 4.69) is 4.99 Å². The summed E-state index contributed by atoms with van der Waals surface area (Å²) < 4.78 is 5.24. The number of hydrogen-bond acceptors (Lipinski definition) is 3. The Kier molecular flexibility index (Phi) is 4.66. The van der Waals surface area contributed by atoms with Gasteiger partial charge >= 0.3 is 0 Å². The van der Waals surface area contributed by atoms with Gasteiger partial charge in [-0.25, -0.2) is 0 Å². The van der Waals surface area contributed by atoms with Crippen LogP contribution in [0, 0.1) is 0 Å². The van der Waals surface area contributed by atoms with Crippen LogP contribution in [0.2, 0.25) is 0 Å². The van der Waals surface area contributed by atoms with Crippen molar-refractivity contribution < 1.29 is 9.53 Å². The quantitative estimate of drug-likeness (QED) is 0.605. The van der Waals surface area contributed by atoms with Gasteiger partial charge in [-0.15, -0.1) is 0 Å². The number of para-hydroxylation sites is 2. The molecule has 3 heteroatoms. The largest absolute Gasteiger partial charge is 0.494 e. The summed E-state index contributed by atoms with van der Waals surface area (Å²) in [5.74, 6) is 0.778. The molecule has 2 aromatic rings. The van der Waals surface area contributed by atoms with E-state index in [1.165, 1.54) is 0 Å². The topological polar surface area (TPSA) is 38.7 Å². The first-order valence-corrected chi connectivity index (χ1v) is 6.46. The molecule has 0 saturated heterocycles. The number of methoxy groups -OCH3 is 1. The molecule has 0 spiro atoms. The molecule has 0 radical (unpaired) electrons.